The molecule has 0 aromatic carbocycles. The summed E-state index contributed by atoms with van der Waals surface area (Å²) in [5, 5.41) is 0. The number of methoxy groups -OCH3 is 1. The molecule has 3 aliphatic rings. The number of rotatable bonds is 3. The number of hydrogen-bond donors (Lipinski definition) is 0. The maximum Gasteiger partial charge on any atom is 0.302 e. The highest BCUT2D eigenvalue weighted by Gasteiger charge is 2.52. The molecule has 2 aliphatic heterocycles. The highest BCUT2D eigenvalue weighted by atomic mass is 16.8. The predicted molar refractivity (Wildman–Crippen MR) is 91.1 cm³/mol. The molecule has 0 radical (unpaired) electrons. The Morgan fingerprint density at radius 3 is 2.59 bits per heavy atom. The van der Waals surface area contributed by atoms with E-state index in [1.165, 1.54) is 14.0 Å². The van der Waals surface area contributed by atoms with Crippen molar-refractivity contribution in [2.45, 2.75) is 58.8 Å². The van der Waals surface area contributed by atoms with Gasteiger partial charge in [0.2, 0.25) is 11.6 Å². The van der Waals surface area contributed by atoms with Crippen LogP contribution in [0.5, 0.6) is 0 Å². The van der Waals surface area contributed by atoms with Gasteiger partial charge in [0.1, 0.15) is 24.5 Å². The smallest absolute Gasteiger partial charge is 0.302 e. The molecule has 27 heavy (non-hydrogen) atoms. The molecule has 8 heteroatoms. The Morgan fingerprint density at radius 1 is 1.26 bits per heavy atom. The van der Waals surface area contributed by atoms with Crippen molar-refractivity contribution in [3.8, 4) is 0 Å². The van der Waals surface area contributed by atoms with Crippen molar-refractivity contribution in [3.05, 3.63) is 33.8 Å². The average molecular weight is 375 g/mol. The van der Waals surface area contributed by atoms with E-state index in [0.29, 0.717) is 17.8 Å². The first-order chi connectivity index (χ1) is 12.7. The Labute approximate surface area is 156 Å². The first-order valence-electron chi connectivity index (χ1n) is 8.74. The molecule has 144 valence electrons. The van der Waals surface area contributed by atoms with E-state index in [-0.39, 0.29) is 46.9 Å². The van der Waals surface area contributed by atoms with Gasteiger partial charge >= 0.3 is 5.97 Å². The molecule has 0 amide bonds. The van der Waals surface area contributed by atoms with Crippen molar-refractivity contribution >= 4 is 17.5 Å². The zero-order valence-corrected chi connectivity index (χ0v) is 15.9. The highest BCUT2D eigenvalue weighted by Crippen LogP contribution is 2.48. The lowest BCUT2D eigenvalue weighted by Gasteiger charge is -2.20. The van der Waals surface area contributed by atoms with Crippen LogP contribution in [-0.4, -0.2) is 41.1 Å². The number of ketones is 2. The van der Waals surface area contributed by atoms with Crippen LogP contribution in [0, 0.1) is 0 Å². The van der Waals surface area contributed by atoms with Crippen molar-refractivity contribution in [1.29, 1.82) is 0 Å². The third-order valence-electron chi connectivity index (χ3n) is 5.18. The monoisotopic (exact) mass is 375 g/mol. The fourth-order valence-electron chi connectivity index (χ4n) is 4.20. The van der Waals surface area contributed by atoms with E-state index in [1.54, 1.807) is 11.5 Å². The van der Waals surface area contributed by atoms with Crippen molar-refractivity contribution in [2.24, 2.45) is 0 Å². The quantitative estimate of drug-likeness (QED) is 0.747. The van der Waals surface area contributed by atoms with Crippen LogP contribution >= 0.6 is 0 Å². The van der Waals surface area contributed by atoms with Gasteiger partial charge in [-0.3, -0.25) is 14.4 Å². The molecule has 0 N–H and O–H groups in total. The molecule has 0 bridgehead atoms. The van der Waals surface area contributed by atoms with Crippen LogP contribution in [-0.2, 0) is 36.9 Å². The molecular weight excluding hydrogens is 354 g/mol. The third kappa shape index (κ3) is 2.47. The van der Waals surface area contributed by atoms with Gasteiger partial charge in [-0.1, -0.05) is 0 Å². The summed E-state index contributed by atoms with van der Waals surface area (Å²) in [5.41, 5.74) is 1.91. The zero-order valence-electron chi connectivity index (χ0n) is 15.9. The number of aromatic nitrogens is 1. The van der Waals surface area contributed by atoms with Crippen molar-refractivity contribution in [2.75, 3.05) is 7.11 Å². The van der Waals surface area contributed by atoms with E-state index in [0.717, 1.165) is 0 Å². The lowest BCUT2D eigenvalue weighted by atomic mass is 9.90. The third-order valence-corrected chi connectivity index (χ3v) is 5.18. The maximum atomic E-state index is 13.0. The van der Waals surface area contributed by atoms with Gasteiger partial charge in [-0.05, 0) is 20.8 Å². The van der Waals surface area contributed by atoms with Gasteiger partial charge in [0.15, 0.2) is 11.5 Å². The van der Waals surface area contributed by atoms with E-state index in [9.17, 15) is 14.4 Å². The van der Waals surface area contributed by atoms with Gasteiger partial charge in [-0.2, -0.15) is 0 Å². The molecule has 1 aliphatic carbocycles. The molecule has 2 atom stereocenters. The second kappa shape index (κ2) is 5.77. The Morgan fingerprint density at radius 2 is 1.96 bits per heavy atom. The van der Waals surface area contributed by atoms with Crippen LogP contribution < -0.4 is 0 Å². The number of esters is 1. The fourth-order valence-corrected chi connectivity index (χ4v) is 4.20. The second-order valence-electron chi connectivity index (χ2n) is 7.39. The molecule has 8 nitrogen and oxygen atoms in total. The van der Waals surface area contributed by atoms with Gasteiger partial charge < -0.3 is 23.5 Å². The number of Topliss-reactive ketones (excluding diaryl/α,β-unsaturated/α-hetero) is 2. The topological polar surface area (TPSA) is 93.1 Å². The number of allylic oxidation sites excluding steroid dienone is 2. The number of nitrogens with zero attached hydrogens (tertiary/aromatic N) is 1. The van der Waals surface area contributed by atoms with Crippen molar-refractivity contribution in [1.82, 2.24) is 4.57 Å². The fraction of sp³-hybridized carbons (Fsp3) is 0.526. The lowest BCUT2D eigenvalue weighted by Crippen LogP contribution is -2.27. The zero-order chi connectivity index (χ0) is 19.7. The van der Waals surface area contributed by atoms with Crippen LogP contribution in [0.4, 0.5) is 0 Å². The number of carbonyl (C=O) groups is 3. The molecule has 3 heterocycles. The van der Waals surface area contributed by atoms with Gasteiger partial charge in [-0.15, -0.1) is 0 Å². The maximum absolute atomic E-state index is 13.0. The second-order valence-corrected chi connectivity index (χ2v) is 7.39. The Bertz CT molecular complexity index is 921. The molecule has 0 spiro atoms. The van der Waals surface area contributed by atoms with Gasteiger partial charge in [0.05, 0.1) is 24.9 Å². The largest absolute Gasteiger partial charge is 0.492 e. The Kier molecular flexibility index (Phi) is 3.83. The molecule has 1 aromatic heterocycles. The van der Waals surface area contributed by atoms with Gasteiger partial charge in [0.25, 0.3) is 0 Å². The highest BCUT2D eigenvalue weighted by molar-refractivity contribution is 6.26. The van der Waals surface area contributed by atoms with Gasteiger partial charge in [0, 0.05) is 18.1 Å². The van der Waals surface area contributed by atoms with Crippen LogP contribution in [0.3, 0.4) is 0 Å². The van der Waals surface area contributed by atoms with Crippen LogP contribution in [0.1, 0.15) is 65.9 Å². The SMILES string of the molecule is COC1=C(C)C(=O)c2c(c(COC(C)=O)c3n2C[C@H]2OC(C)(C)O[C@@H]32)C1=O. The standard InChI is InChI=1S/C19H21NO7/c1-8-15(22)14-12(16(23)17(8)24-5)10(7-25-9(2)21)13-18-11(6-20(13)14)26-19(3,4)27-18/h11,18H,6-7H2,1-5H3/t11-,18-/m1/s1. The summed E-state index contributed by atoms with van der Waals surface area (Å²) in [5.74, 6) is -1.90. The Hall–Kier alpha value is -2.45. The first kappa shape index (κ1) is 17.9. The molecule has 0 saturated carbocycles. The molecule has 1 fully saturated rings. The van der Waals surface area contributed by atoms with E-state index in [1.807, 2.05) is 13.8 Å². The summed E-state index contributed by atoms with van der Waals surface area (Å²) in [6.07, 6.45) is -0.713. The summed E-state index contributed by atoms with van der Waals surface area (Å²) in [6.45, 7) is 6.76. The van der Waals surface area contributed by atoms with E-state index in [4.69, 9.17) is 18.9 Å². The van der Waals surface area contributed by atoms with Crippen molar-refractivity contribution in [3.63, 3.8) is 0 Å². The van der Waals surface area contributed by atoms with E-state index in [2.05, 4.69) is 0 Å². The minimum atomic E-state index is -0.774. The summed E-state index contributed by atoms with van der Waals surface area (Å²) in [4.78, 5) is 37.4. The molecule has 1 aromatic rings. The van der Waals surface area contributed by atoms with Crippen LogP contribution in [0.2, 0.25) is 0 Å². The predicted octanol–water partition coefficient (Wildman–Crippen LogP) is 2.06. The van der Waals surface area contributed by atoms with Crippen LogP contribution in [0.25, 0.3) is 0 Å². The minimum Gasteiger partial charge on any atom is -0.492 e. The van der Waals surface area contributed by atoms with E-state index < -0.39 is 17.9 Å². The lowest BCUT2D eigenvalue weighted by molar-refractivity contribution is -0.151. The van der Waals surface area contributed by atoms with E-state index >= 15 is 0 Å². The number of carbonyl (C=O) groups excluding carboxylic acids is 3. The minimum absolute atomic E-state index is 0.0151. The normalized spacial score (nSPS) is 25.4. The Balaban J connectivity index is 1.91. The molecule has 4 rings (SSSR count). The van der Waals surface area contributed by atoms with Gasteiger partial charge in [-0.25, -0.2) is 0 Å². The summed E-state index contributed by atoms with van der Waals surface area (Å²) in [6, 6.07) is 0. The molecule has 1 saturated heterocycles. The van der Waals surface area contributed by atoms with Crippen molar-refractivity contribution < 1.29 is 33.3 Å². The molecular formula is C19H21NO7. The summed E-state index contributed by atoms with van der Waals surface area (Å²) >= 11 is 0. The molecule has 0 unspecified atom stereocenters. The summed E-state index contributed by atoms with van der Waals surface area (Å²) < 4.78 is 24.1. The average Bonchev–Trinajstić information content (AvgIpc) is 3.16. The summed E-state index contributed by atoms with van der Waals surface area (Å²) in [7, 11) is 1.36. The van der Waals surface area contributed by atoms with Crippen LogP contribution in [0.15, 0.2) is 11.3 Å². The number of hydrogen-bond acceptors (Lipinski definition) is 7. The number of fused-ring (bicyclic) bond motifs is 5. The number of ether oxygens (including phenoxy) is 4. The first-order valence-corrected chi connectivity index (χ1v) is 8.74.